The highest BCUT2D eigenvalue weighted by Gasteiger charge is 2.09. The Morgan fingerprint density at radius 1 is 0.957 bits per heavy atom. The van der Waals surface area contributed by atoms with E-state index in [0.717, 1.165) is 17.4 Å². The molecule has 0 heterocycles. The van der Waals surface area contributed by atoms with E-state index in [4.69, 9.17) is 26.4 Å². The van der Waals surface area contributed by atoms with Crippen molar-refractivity contribution < 1.29 is 24.5 Å². The first-order valence-electron chi connectivity index (χ1n) is 6.52. The summed E-state index contributed by atoms with van der Waals surface area (Å²) < 4.78 is 4.97. The number of nitrogens with two attached hydrogens (primary N) is 2. The lowest BCUT2D eigenvalue weighted by Gasteiger charge is -2.03. The fourth-order valence-corrected chi connectivity index (χ4v) is 1.75. The Labute approximate surface area is 133 Å². The molecule has 0 atom stereocenters. The third kappa shape index (κ3) is 5.24. The number of aromatic carboxylic acids is 2. The van der Waals surface area contributed by atoms with Gasteiger partial charge >= 0.3 is 11.9 Å². The van der Waals surface area contributed by atoms with E-state index in [1.165, 1.54) is 12.1 Å². The van der Waals surface area contributed by atoms with E-state index in [0.29, 0.717) is 5.69 Å². The van der Waals surface area contributed by atoms with Crippen LogP contribution in [0.2, 0.25) is 0 Å². The summed E-state index contributed by atoms with van der Waals surface area (Å²) in [5, 5.41) is 17.1. The largest absolute Gasteiger partial charge is 0.495 e. The van der Waals surface area contributed by atoms with Crippen molar-refractivity contribution in [3.8, 4) is 5.75 Å². The molecule has 0 radical (unpaired) electrons. The molecule has 0 spiro atoms. The van der Waals surface area contributed by atoms with Gasteiger partial charge in [-0.25, -0.2) is 9.59 Å². The number of carboxylic acids is 2. The number of nitrogen functional groups attached to an aromatic ring is 2. The molecule has 7 nitrogen and oxygen atoms in total. The molecule has 0 aliphatic carbocycles. The van der Waals surface area contributed by atoms with Crippen molar-refractivity contribution in [2.24, 2.45) is 0 Å². The van der Waals surface area contributed by atoms with Crippen molar-refractivity contribution in [2.75, 3.05) is 18.6 Å². The number of ether oxygens (including phenoxy) is 1. The van der Waals surface area contributed by atoms with Crippen molar-refractivity contribution in [3.05, 3.63) is 53.1 Å². The minimum absolute atomic E-state index is 0.123. The molecule has 23 heavy (non-hydrogen) atoms. The van der Waals surface area contributed by atoms with Crippen molar-refractivity contribution in [1.29, 1.82) is 0 Å². The van der Waals surface area contributed by atoms with Gasteiger partial charge in [0.05, 0.1) is 23.9 Å². The molecule has 0 saturated heterocycles. The van der Waals surface area contributed by atoms with Gasteiger partial charge in [0, 0.05) is 5.69 Å². The van der Waals surface area contributed by atoms with Gasteiger partial charge in [-0.1, -0.05) is 6.07 Å². The van der Waals surface area contributed by atoms with E-state index in [2.05, 4.69) is 0 Å². The molecule has 2 aromatic rings. The SMILES string of the molecule is COc1ccc(C)cc1N.Nc1cc(C(=O)O)cc(C(=O)O)c1. The van der Waals surface area contributed by atoms with Gasteiger partial charge in [-0.3, -0.25) is 0 Å². The van der Waals surface area contributed by atoms with Crippen LogP contribution in [0.1, 0.15) is 26.3 Å². The molecule has 2 aromatic carbocycles. The van der Waals surface area contributed by atoms with E-state index >= 15 is 0 Å². The maximum absolute atomic E-state index is 10.5. The Kier molecular flexibility index (Phi) is 5.96. The minimum atomic E-state index is -1.20. The van der Waals surface area contributed by atoms with E-state index < -0.39 is 11.9 Å². The highest BCUT2D eigenvalue weighted by molar-refractivity contribution is 5.95. The maximum atomic E-state index is 10.5. The monoisotopic (exact) mass is 318 g/mol. The van der Waals surface area contributed by atoms with Crippen LogP contribution in [0.5, 0.6) is 5.75 Å². The molecule has 0 amide bonds. The average molecular weight is 318 g/mol. The van der Waals surface area contributed by atoms with Gasteiger partial charge in [-0.2, -0.15) is 0 Å². The summed E-state index contributed by atoms with van der Waals surface area (Å²) in [6.07, 6.45) is 0. The number of benzene rings is 2. The van der Waals surface area contributed by atoms with Gasteiger partial charge in [-0.15, -0.1) is 0 Å². The molecule has 0 saturated carbocycles. The second-order valence-electron chi connectivity index (χ2n) is 4.70. The summed E-state index contributed by atoms with van der Waals surface area (Å²) in [6.45, 7) is 2.00. The van der Waals surface area contributed by atoms with Crippen molar-refractivity contribution in [2.45, 2.75) is 6.92 Å². The number of rotatable bonds is 3. The van der Waals surface area contributed by atoms with Crippen LogP contribution in [0.25, 0.3) is 0 Å². The number of hydrogen-bond acceptors (Lipinski definition) is 5. The second-order valence-corrected chi connectivity index (χ2v) is 4.70. The number of hydrogen-bond donors (Lipinski definition) is 4. The number of anilines is 2. The zero-order valence-corrected chi connectivity index (χ0v) is 12.7. The Bertz CT molecular complexity index is 696. The van der Waals surface area contributed by atoms with Gasteiger partial charge in [0.25, 0.3) is 0 Å². The summed E-state index contributed by atoms with van der Waals surface area (Å²) in [4.78, 5) is 21.0. The van der Waals surface area contributed by atoms with Crippen LogP contribution in [0.4, 0.5) is 11.4 Å². The van der Waals surface area contributed by atoms with Crippen LogP contribution in [-0.4, -0.2) is 29.3 Å². The van der Waals surface area contributed by atoms with Gasteiger partial charge in [-0.05, 0) is 42.8 Å². The molecule has 0 aliphatic heterocycles. The predicted molar refractivity (Wildman–Crippen MR) is 86.9 cm³/mol. The predicted octanol–water partition coefficient (Wildman–Crippen LogP) is 2.25. The van der Waals surface area contributed by atoms with Crippen LogP contribution in [0, 0.1) is 6.92 Å². The second kappa shape index (κ2) is 7.69. The van der Waals surface area contributed by atoms with Crippen LogP contribution in [0.15, 0.2) is 36.4 Å². The van der Waals surface area contributed by atoms with Crippen LogP contribution >= 0.6 is 0 Å². The lowest BCUT2D eigenvalue weighted by molar-refractivity contribution is 0.0696. The van der Waals surface area contributed by atoms with E-state index in [1.807, 2.05) is 25.1 Å². The minimum Gasteiger partial charge on any atom is -0.495 e. The first-order valence-corrected chi connectivity index (χ1v) is 6.52. The van der Waals surface area contributed by atoms with Gasteiger partial charge in [0.2, 0.25) is 0 Å². The van der Waals surface area contributed by atoms with Crippen LogP contribution in [-0.2, 0) is 0 Å². The molecule has 0 aliphatic rings. The Balaban J connectivity index is 0.000000238. The molecule has 0 bridgehead atoms. The molecule has 6 N–H and O–H groups in total. The quantitative estimate of drug-likeness (QED) is 0.637. The number of carboxylic acid groups (broad SMARTS) is 2. The normalized spacial score (nSPS) is 9.48. The van der Waals surface area contributed by atoms with Gasteiger partial charge in [0.1, 0.15) is 5.75 Å². The molecular formula is C16H18N2O5. The molecule has 7 heteroatoms. The fraction of sp³-hybridized carbons (Fsp3) is 0.125. The first kappa shape index (κ1) is 17.8. The average Bonchev–Trinajstić information content (AvgIpc) is 2.47. The molecule has 0 fully saturated rings. The third-order valence-electron chi connectivity index (χ3n) is 2.83. The summed E-state index contributed by atoms with van der Waals surface area (Å²) in [5.74, 6) is -1.66. The topological polar surface area (TPSA) is 136 Å². The number of aryl methyl sites for hydroxylation is 1. The molecule has 0 aromatic heterocycles. The van der Waals surface area contributed by atoms with E-state index in [-0.39, 0.29) is 16.8 Å². The van der Waals surface area contributed by atoms with Crippen LogP contribution < -0.4 is 16.2 Å². The van der Waals surface area contributed by atoms with Gasteiger partial charge < -0.3 is 26.4 Å². The summed E-state index contributed by atoms with van der Waals surface area (Å²) in [5.41, 5.74) is 12.6. The lowest BCUT2D eigenvalue weighted by Crippen LogP contribution is -2.03. The summed E-state index contributed by atoms with van der Waals surface area (Å²) in [6, 6.07) is 9.18. The first-order chi connectivity index (χ1) is 10.7. The van der Waals surface area contributed by atoms with E-state index in [9.17, 15) is 9.59 Å². The Hall–Kier alpha value is -3.22. The van der Waals surface area contributed by atoms with Crippen molar-refractivity contribution in [3.63, 3.8) is 0 Å². The van der Waals surface area contributed by atoms with Crippen molar-refractivity contribution in [1.82, 2.24) is 0 Å². The number of methoxy groups -OCH3 is 1. The molecule has 122 valence electrons. The molecule has 0 unspecified atom stereocenters. The Morgan fingerprint density at radius 3 is 1.87 bits per heavy atom. The van der Waals surface area contributed by atoms with Crippen molar-refractivity contribution >= 4 is 23.3 Å². The Morgan fingerprint density at radius 2 is 1.48 bits per heavy atom. The highest BCUT2D eigenvalue weighted by Crippen LogP contribution is 2.20. The maximum Gasteiger partial charge on any atom is 0.335 e. The smallest absolute Gasteiger partial charge is 0.335 e. The zero-order valence-electron chi connectivity index (χ0n) is 12.7. The van der Waals surface area contributed by atoms with Crippen LogP contribution in [0.3, 0.4) is 0 Å². The number of carbonyl (C=O) groups is 2. The van der Waals surface area contributed by atoms with Gasteiger partial charge in [0.15, 0.2) is 0 Å². The summed E-state index contributed by atoms with van der Waals surface area (Å²) >= 11 is 0. The summed E-state index contributed by atoms with van der Waals surface area (Å²) in [7, 11) is 1.61. The van der Waals surface area contributed by atoms with E-state index in [1.54, 1.807) is 7.11 Å². The lowest BCUT2D eigenvalue weighted by atomic mass is 10.1. The highest BCUT2D eigenvalue weighted by atomic mass is 16.5. The standard InChI is InChI=1S/C8H7NO4.C8H11NO/c9-6-2-4(7(10)11)1-5(3-6)8(12)13;1-6-3-4-8(10-2)7(9)5-6/h1-3H,9H2,(H,10,11)(H,12,13);3-5H,9H2,1-2H3. The third-order valence-corrected chi connectivity index (χ3v) is 2.83. The molecule has 2 rings (SSSR count). The fourth-order valence-electron chi connectivity index (χ4n) is 1.75. The molecular weight excluding hydrogens is 300 g/mol. The zero-order chi connectivity index (χ0) is 17.6.